The Balaban J connectivity index is 1.17. The first kappa shape index (κ1) is 27.8. The van der Waals surface area contributed by atoms with E-state index in [1.54, 1.807) is 0 Å². The van der Waals surface area contributed by atoms with Gasteiger partial charge in [-0.15, -0.1) is 0 Å². The summed E-state index contributed by atoms with van der Waals surface area (Å²) < 4.78 is 27.3. The average molecular weight is 523 g/mol. The van der Waals surface area contributed by atoms with Crippen LogP contribution in [0.3, 0.4) is 0 Å². The van der Waals surface area contributed by atoms with Gasteiger partial charge in [-0.2, -0.15) is 0 Å². The molecule has 1 saturated carbocycles. The minimum absolute atomic E-state index is 0.427. The maximum Gasteiger partial charge on any atom is 0.145 e. The first-order valence-electron chi connectivity index (χ1n) is 14.3. The summed E-state index contributed by atoms with van der Waals surface area (Å²) in [5.41, 5.74) is 6.23. The maximum atomic E-state index is 13.7. The van der Waals surface area contributed by atoms with Crippen LogP contribution in [0.5, 0.6) is 0 Å². The predicted molar refractivity (Wildman–Crippen MR) is 153 cm³/mol. The molecule has 3 aromatic rings. The summed E-state index contributed by atoms with van der Waals surface area (Å²) in [5.74, 6) is 0.176. The van der Waals surface area contributed by atoms with Gasteiger partial charge in [0.15, 0.2) is 0 Å². The molecule has 0 aromatic heterocycles. The highest BCUT2D eigenvalue weighted by Crippen LogP contribution is 2.37. The van der Waals surface area contributed by atoms with Crippen molar-refractivity contribution in [2.45, 2.75) is 96.3 Å². The van der Waals surface area contributed by atoms with Gasteiger partial charge in [0, 0.05) is 0 Å². The van der Waals surface area contributed by atoms with E-state index in [2.05, 4.69) is 55.5 Å². The molecule has 0 heterocycles. The van der Waals surface area contributed by atoms with Crippen molar-refractivity contribution in [2.75, 3.05) is 0 Å². The largest absolute Gasteiger partial charge is 0.205 e. The third-order valence-electron chi connectivity index (χ3n) is 8.23. The topological polar surface area (TPSA) is 0 Å². The van der Waals surface area contributed by atoms with Gasteiger partial charge >= 0.3 is 0 Å². The number of rotatable bonds is 12. The third-order valence-corrected chi connectivity index (χ3v) is 8.59. The van der Waals surface area contributed by atoms with E-state index in [1.165, 1.54) is 98.6 Å². The summed E-state index contributed by atoms with van der Waals surface area (Å²) in [7, 11) is 0. The van der Waals surface area contributed by atoms with Crippen molar-refractivity contribution >= 4 is 11.6 Å². The van der Waals surface area contributed by atoms with Gasteiger partial charge in [0.25, 0.3) is 0 Å². The quantitative estimate of drug-likeness (QED) is 0.164. The van der Waals surface area contributed by atoms with Crippen molar-refractivity contribution in [2.24, 2.45) is 5.92 Å². The lowest BCUT2D eigenvalue weighted by molar-refractivity contribution is 0.310. The normalized spacial score (nSPS) is 17.7. The summed E-state index contributed by atoms with van der Waals surface area (Å²) in [5, 5.41) is -0.427. The van der Waals surface area contributed by atoms with Crippen LogP contribution in [0.1, 0.15) is 98.4 Å². The lowest BCUT2D eigenvalue weighted by Gasteiger charge is -2.29. The van der Waals surface area contributed by atoms with Gasteiger partial charge in [-0.1, -0.05) is 86.3 Å². The lowest BCUT2D eigenvalue weighted by atomic mass is 9.76. The van der Waals surface area contributed by atoms with Crippen LogP contribution in [0.15, 0.2) is 60.7 Å². The molecular weight excluding hydrogens is 482 g/mol. The highest BCUT2D eigenvalue weighted by atomic mass is 35.5. The molecular formula is C34H41ClF2. The molecule has 0 saturated heterocycles. The van der Waals surface area contributed by atoms with Crippen molar-refractivity contribution in [3.63, 3.8) is 0 Å². The number of halogens is 3. The summed E-state index contributed by atoms with van der Waals surface area (Å²) in [6, 6.07) is 20.9. The Morgan fingerprint density at radius 3 is 1.81 bits per heavy atom. The van der Waals surface area contributed by atoms with E-state index in [0.717, 1.165) is 24.7 Å². The molecule has 198 valence electrons. The highest BCUT2D eigenvalue weighted by molar-refractivity contribution is 6.30. The standard InChI is InChI=1S/C34H41ClF2/c1-2-3-4-5-6-25-15-19-30(20-16-25)31-21-17-28(18-22-31)12-11-26-7-9-27(10-8-26)13-14-29-23-32(36)34(35)33(37)24-29/h7-10,15-16,19-20,23-24,28,31H,2-6,11-14,17-18,21-22H2,1H3/t28-,31-. The van der Waals surface area contributed by atoms with Gasteiger partial charge in [0.05, 0.1) is 0 Å². The maximum absolute atomic E-state index is 13.7. The van der Waals surface area contributed by atoms with E-state index in [0.29, 0.717) is 12.0 Å². The summed E-state index contributed by atoms with van der Waals surface area (Å²) in [4.78, 5) is 0. The molecule has 0 bridgehead atoms. The van der Waals surface area contributed by atoms with Crippen molar-refractivity contribution in [3.05, 3.63) is 105 Å². The van der Waals surface area contributed by atoms with E-state index in [-0.39, 0.29) is 0 Å². The van der Waals surface area contributed by atoms with Crippen LogP contribution in [0.25, 0.3) is 0 Å². The molecule has 3 heteroatoms. The van der Waals surface area contributed by atoms with Crippen LogP contribution >= 0.6 is 11.6 Å². The van der Waals surface area contributed by atoms with Gasteiger partial charge < -0.3 is 0 Å². The van der Waals surface area contributed by atoms with Gasteiger partial charge in [-0.3, -0.25) is 0 Å². The third kappa shape index (κ3) is 8.40. The van der Waals surface area contributed by atoms with Gasteiger partial charge in [-0.25, -0.2) is 8.78 Å². The van der Waals surface area contributed by atoms with Crippen LogP contribution in [0, 0.1) is 17.6 Å². The molecule has 4 rings (SSSR count). The molecule has 1 fully saturated rings. The Morgan fingerprint density at radius 2 is 1.19 bits per heavy atom. The lowest BCUT2D eigenvalue weighted by Crippen LogP contribution is -2.14. The van der Waals surface area contributed by atoms with Gasteiger partial charge in [0.2, 0.25) is 0 Å². The number of hydrogen-bond acceptors (Lipinski definition) is 0. The fourth-order valence-electron chi connectivity index (χ4n) is 5.78. The molecule has 0 N–H and O–H groups in total. The van der Waals surface area contributed by atoms with Crippen LogP contribution in [-0.2, 0) is 25.7 Å². The van der Waals surface area contributed by atoms with Gasteiger partial charge in [0.1, 0.15) is 16.7 Å². The molecule has 37 heavy (non-hydrogen) atoms. The summed E-state index contributed by atoms with van der Waals surface area (Å²) in [6.07, 6.45) is 15.5. The zero-order valence-corrected chi connectivity index (χ0v) is 23.0. The number of unbranched alkanes of at least 4 members (excludes halogenated alkanes) is 3. The number of aryl methyl sites for hydroxylation is 4. The van der Waals surface area contributed by atoms with E-state index in [1.807, 2.05) is 0 Å². The SMILES string of the molecule is CCCCCCc1ccc([C@H]2CC[C@H](CCc3ccc(CCc4cc(F)c(Cl)c(F)c4)cc3)CC2)cc1. The molecule has 0 amide bonds. The van der Waals surface area contributed by atoms with Crippen LogP contribution in [0.2, 0.25) is 5.02 Å². The summed E-state index contributed by atoms with van der Waals surface area (Å²) in [6.45, 7) is 2.27. The molecule has 0 aliphatic heterocycles. The van der Waals surface area contributed by atoms with E-state index in [9.17, 15) is 8.78 Å². The zero-order valence-electron chi connectivity index (χ0n) is 22.3. The van der Waals surface area contributed by atoms with Gasteiger partial charge in [-0.05, 0) is 116 Å². The molecule has 3 aromatic carbocycles. The molecule has 0 radical (unpaired) electrons. The second-order valence-corrected chi connectivity index (χ2v) is 11.4. The van der Waals surface area contributed by atoms with Crippen molar-refractivity contribution in [3.8, 4) is 0 Å². The second kappa shape index (κ2) is 14.1. The van der Waals surface area contributed by atoms with Crippen LogP contribution in [0.4, 0.5) is 8.78 Å². The fourth-order valence-corrected chi connectivity index (χ4v) is 5.89. The number of hydrogen-bond donors (Lipinski definition) is 0. The Bertz CT molecular complexity index is 1070. The van der Waals surface area contributed by atoms with E-state index in [4.69, 9.17) is 11.6 Å². The first-order valence-corrected chi connectivity index (χ1v) is 14.7. The van der Waals surface area contributed by atoms with E-state index < -0.39 is 16.7 Å². The van der Waals surface area contributed by atoms with Crippen molar-refractivity contribution in [1.82, 2.24) is 0 Å². The average Bonchev–Trinajstić information content (AvgIpc) is 2.93. The summed E-state index contributed by atoms with van der Waals surface area (Å²) >= 11 is 5.58. The highest BCUT2D eigenvalue weighted by Gasteiger charge is 2.22. The second-order valence-electron chi connectivity index (χ2n) is 11.0. The van der Waals surface area contributed by atoms with Crippen LogP contribution < -0.4 is 0 Å². The molecule has 0 nitrogen and oxygen atoms in total. The molecule has 0 unspecified atom stereocenters. The molecule has 1 aliphatic carbocycles. The van der Waals surface area contributed by atoms with E-state index >= 15 is 0 Å². The van der Waals surface area contributed by atoms with Crippen molar-refractivity contribution in [1.29, 1.82) is 0 Å². The Kier molecular flexibility index (Phi) is 10.6. The monoisotopic (exact) mass is 522 g/mol. The fraction of sp³-hybridized carbons (Fsp3) is 0.471. The predicted octanol–water partition coefficient (Wildman–Crippen LogP) is 10.4. The van der Waals surface area contributed by atoms with Crippen molar-refractivity contribution < 1.29 is 8.78 Å². The minimum atomic E-state index is -0.688. The Morgan fingerprint density at radius 1 is 0.649 bits per heavy atom. The first-order chi connectivity index (χ1) is 18.0. The Hall–Kier alpha value is -2.19. The number of benzene rings is 3. The molecule has 1 aliphatic rings. The smallest absolute Gasteiger partial charge is 0.145 e. The molecule has 0 spiro atoms. The van der Waals surface area contributed by atoms with Crippen LogP contribution in [-0.4, -0.2) is 0 Å². The Labute approximate surface area is 227 Å². The molecule has 0 atom stereocenters. The minimum Gasteiger partial charge on any atom is -0.205 e. The zero-order chi connectivity index (χ0) is 26.0.